The molecule has 192 valence electrons. The Morgan fingerprint density at radius 3 is 2.36 bits per heavy atom. The first-order valence-corrected chi connectivity index (χ1v) is 13.0. The second-order valence-electron chi connectivity index (χ2n) is 11.8. The van der Waals surface area contributed by atoms with Crippen molar-refractivity contribution in [2.75, 3.05) is 13.1 Å². The highest BCUT2D eigenvalue weighted by molar-refractivity contribution is 5.79. The van der Waals surface area contributed by atoms with Crippen LogP contribution in [0.5, 0.6) is 0 Å². The van der Waals surface area contributed by atoms with Gasteiger partial charge in [-0.2, -0.15) is 0 Å². The minimum absolute atomic E-state index is 0.0481. The van der Waals surface area contributed by atoms with E-state index in [2.05, 4.69) is 19.2 Å². The second kappa shape index (κ2) is 11.9. The third-order valence-electron chi connectivity index (χ3n) is 6.98. The molecule has 1 aliphatic carbocycles. The molecule has 7 nitrogen and oxygen atoms in total. The van der Waals surface area contributed by atoms with Crippen molar-refractivity contribution in [2.45, 2.75) is 123 Å². The Morgan fingerprint density at radius 2 is 1.82 bits per heavy atom. The molecule has 2 rings (SSSR count). The summed E-state index contributed by atoms with van der Waals surface area (Å²) in [4.78, 5) is 28.2. The van der Waals surface area contributed by atoms with Gasteiger partial charge in [-0.15, -0.1) is 0 Å². The van der Waals surface area contributed by atoms with Crippen molar-refractivity contribution in [1.29, 1.82) is 0 Å². The standard InChI is InChI=1S/C26H49N3O4/c1-18(2)20(23(30)28-15-11-14-27)17-22-21(16-19-12-9-8-10-13-19)29(26(6,7)32-22)24(31)33-25(3,4)5/h18-22H,8-17,27H2,1-7H3,(H,28,30)/t20-,21-,22?/m0/s1. The van der Waals surface area contributed by atoms with Crippen LogP contribution in [-0.4, -0.2) is 53.5 Å². The van der Waals surface area contributed by atoms with E-state index < -0.39 is 11.3 Å². The molecule has 0 aromatic rings. The molecule has 33 heavy (non-hydrogen) atoms. The smallest absolute Gasteiger partial charge is 0.412 e. The van der Waals surface area contributed by atoms with Crippen molar-refractivity contribution in [3.05, 3.63) is 0 Å². The first kappa shape index (κ1) is 27.9. The van der Waals surface area contributed by atoms with Crippen molar-refractivity contribution in [1.82, 2.24) is 10.2 Å². The number of ether oxygens (including phenoxy) is 2. The predicted molar refractivity (Wildman–Crippen MR) is 132 cm³/mol. The number of carbonyl (C=O) groups excluding carboxylic acids is 2. The summed E-state index contributed by atoms with van der Waals surface area (Å²) >= 11 is 0. The molecular formula is C26H49N3O4. The molecule has 0 radical (unpaired) electrons. The van der Waals surface area contributed by atoms with Gasteiger partial charge in [-0.05, 0) is 72.3 Å². The molecule has 1 heterocycles. The van der Waals surface area contributed by atoms with Gasteiger partial charge in [-0.25, -0.2) is 4.79 Å². The highest BCUT2D eigenvalue weighted by atomic mass is 16.6. The maximum Gasteiger partial charge on any atom is 0.412 e. The fourth-order valence-electron chi connectivity index (χ4n) is 5.34. The first-order valence-electron chi connectivity index (χ1n) is 13.0. The normalized spacial score (nSPS) is 24.7. The molecule has 7 heteroatoms. The van der Waals surface area contributed by atoms with Gasteiger partial charge in [0.2, 0.25) is 5.91 Å². The summed E-state index contributed by atoms with van der Waals surface area (Å²) in [5.74, 6) is 0.605. The average molecular weight is 468 g/mol. The summed E-state index contributed by atoms with van der Waals surface area (Å²) in [6.07, 6.45) is 7.89. The summed E-state index contributed by atoms with van der Waals surface area (Å²) in [5.41, 5.74) is 4.22. The lowest BCUT2D eigenvalue weighted by atomic mass is 9.81. The van der Waals surface area contributed by atoms with Crippen LogP contribution in [0.25, 0.3) is 0 Å². The molecule has 2 amide bonds. The summed E-state index contributed by atoms with van der Waals surface area (Å²) in [7, 11) is 0. The first-order chi connectivity index (χ1) is 15.4. The molecule has 0 spiro atoms. The number of amides is 2. The van der Waals surface area contributed by atoms with Gasteiger partial charge in [0.1, 0.15) is 11.3 Å². The summed E-state index contributed by atoms with van der Waals surface area (Å²) in [6, 6.07) is -0.101. The fraction of sp³-hybridized carbons (Fsp3) is 0.923. The topological polar surface area (TPSA) is 93.9 Å². The van der Waals surface area contributed by atoms with E-state index in [4.69, 9.17) is 15.2 Å². The third-order valence-corrected chi connectivity index (χ3v) is 6.98. The van der Waals surface area contributed by atoms with Crippen LogP contribution in [0.4, 0.5) is 4.79 Å². The molecule has 2 aliphatic rings. The quantitative estimate of drug-likeness (QED) is 0.474. The van der Waals surface area contributed by atoms with E-state index >= 15 is 0 Å². The lowest BCUT2D eigenvalue weighted by Crippen LogP contribution is -2.51. The van der Waals surface area contributed by atoms with E-state index in [1.807, 2.05) is 39.5 Å². The zero-order valence-corrected chi connectivity index (χ0v) is 22.1. The van der Waals surface area contributed by atoms with E-state index in [1.165, 1.54) is 32.1 Å². The molecule has 0 aromatic heterocycles. The van der Waals surface area contributed by atoms with Gasteiger partial charge in [-0.3, -0.25) is 9.69 Å². The van der Waals surface area contributed by atoms with Crippen LogP contribution in [0, 0.1) is 17.8 Å². The Morgan fingerprint density at radius 1 is 1.18 bits per heavy atom. The molecule has 1 unspecified atom stereocenters. The highest BCUT2D eigenvalue weighted by Crippen LogP contribution is 2.41. The van der Waals surface area contributed by atoms with Crippen molar-refractivity contribution >= 4 is 12.0 Å². The van der Waals surface area contributed by atoms with Crippen molar-refractivity contribution in [3.63, 3.8) is 0 Å². The number of hydrogen-bond acceptors (Lipinski definition) is 5. The van der Waals surface area contributed by atoms with E-state index in [0.717, 1.165) is 12.8 Å². The Labute approximate surface area is 201 Å². The Kier molecular flexibility index (Phi) is 10.0. The highest BCUT2D eigenvalue weighted by Gasteiger charge is 2.52. The second-order valence-corrected chi connectivity index (χ2v) is 11.8. The fourth-order valence-corrected chi connectivity index (χ4v) is 5.34. The zero-order valence-electron chi connectivity index (χ0n) is 22.1. The predicted octanol–water partition coefficient (Wildman–Crippen LogP) is 4.82. The number of nitrogens with two attached hydrogens (primary N) is 1. The maximum atomic E-state index is 13.3. The van der Waals surface area contributed by atoms with Crippen LogP contribution >= 0.6 is 0 Å². The van der Waals surface area contributed by atoms with Crippen LogP contribution in [0.3, 0.4) is 0 Å². The molecule has 0 bridgehead atoms. The number of hydrogen-bond donors (Lipinski definition) is 2. The summed E-state index contributed by atoms with van der Waals surface area (Å²) in [5, 5.41) is 3.04. The van der Waals surface area contributed by atoms with Gasteiger partial charge in [0.25, 0.3) is 0 Å². The molecule has 1 saturated heterocycles. The van der Waals surface area contributed by atoms with Crippen molar-refractivity contribution in [2.24, 2.45) is 23.5 Å². The minimum atomic E-state index is -0.788. The van der Waals surface area contributed by atoms with Gasteiger partial charge < -0.3 is 20.5 Å². The number of nitrogens with one attached hydrogen (secondary N) is 1. The number of carbonyl (C=O) groups is 2. The number of nitrogens with zero attached hydrogens (tertiary/aromatic N) is 1. The third kappa shape index (κ3) is 8.13. The lowest BCUT2D eigenvalue weighted by molar-refractivity contribution is -0.129. The average Bonchev–Trinajstić information content (AvgIpc) is 2.94. The SMILES string of the molecule is CC(C)[C@H](CC1OC(C)(C)N(C(=O)OC(C)(C)C)[C@H]1CC1CCCCC1)C(=O)NCCCN. The summed E-state index contributed by atoms with van der Waals surface area (Å²) < 4.78 is 12.3. The number of rotatable bonds is 9. The van der Waals surface area contributed by atoms with Crippen LogP contribution in [-0.2, 0) is 14.3 Å². The minimum Gasteiger partial charge on any atom is -0.444 e. The monoisotopic (exact) mass is 467 g/mol. The molecule has 2 fully saturated rings. The molecule has 1 saturated carbocycles. The van der Waals surface area contributed by atoms with Gasteiger partial charge in [0, 0.05) is 12.5 Å². The molecule has 3 atom stereocenters. The Balaban J connectivity index is 2.26. The molecule has 1 aliphatic heterocycles. The van der Waals surface area contributed by atoms with E-state index in [-0.39, 0.29) is 36.0 Å². The molecule has 0 aromatic carbocycles. The van der Waals surface area contributed by atoms with E-state index in [9.17, 15) is 9.59 Å². The van der Waals surface area contributed by atoms with Gasteiger partial charge in [-0.1, -0.05) is 46.0 Å². The van der Waals surface area contributed by atoms with Crippen molar-refractivity contribution in [3.8, 4) is 0 Å². The van der Waals surface area contributed by atoms with Crippen LogP contribution in [0.2, 0.25) is 0 Å². The Hall–Kier alpha value is -1.34. The van der Waals surface area contributed by atoms with Gasteiger partial charge >= 0.3 is 6.09 Å². The van der Waals surface area contributed by atoms with Crippen molar-refractivity contribution < 1.29 is 19.1 Å². The van der Waals surface area contributed by atoms with E-state index in [0.29, 0.717) is 25.4 Å². The zero-order chi connectivity index (χ0) is 24.8. The summed E-state index contributed by atoms with van der Waals surface area (Å²) in [6.45, 7) is 14.9. The maximum absolute atomic E-state index is 13.3. The Bertz CT molecular complexity index is 638. The van der Waals surface area contributed by atoms with Crippen LogP contribution in [0.15, 0.2) is 0 Å². The van der Waals surface area contributed by atoms with Gasteiger partial charge in [0.15, 0.2) is 0 Å². The molecular weight excluding hydrogens is 418 g/mol. The molecule has 3 N–H and O–H groups in total. The van der Waals surface area contributed by atoms with Crippen LogP contribution < -0.4 is 11.1 Å². The van der Waals surface area contributed by atoms with Gasteiger partial charge in [0.05, 0.1) is 12.1 Å². The van der Waals surface area contributed by atoms with E-state index in [1.54, 1.807) is 0 Å². The van der Waals surface area contributed by atoms with Crippen LogP contribution in [0.1, 0.15) is 99.8 Å². The largest absolute Gasteiger partial charge is 0.444 e. The lowest BCUT2D eigenvalue weighted by Gasteiger charge is -2.37.